The molecule has 1 aliphatic heterocycles. The van der Waals surface area contributed by atoms with E-state index in [1.54, 1.807) is 0 Å². The molecule has 0 aromatic heterocycles. The molecule has 1 saturated carbocycles. The van der Waals surface area contributed by atoms with Crippen LogP contribution < -0.4 is 5.32 Å². The molecule has 2 nitrogen and oxygen atoms in total. The Morgan fingerprint density at radius 3 is 2.24 bits per heavy atom. The number of rotatable bonds is 6. The maximum absolute atomic E-state index is 3.91. The fourth-order valence-corrected chi connectivity index (χ4v) is 3.02. The lowest BCUT2D eigenvalue weighted by Gasteiger charge is -2.36. The van der Waals surface area contributed by atoms with E-state index < -0.39 is 0 Å². The number of piperidine rings is 1. The van der Waals surface area contributed by atoms with Crippen molar-refractivity contribution in [3.63, 3.8) is 0 Å². The van der Waals surface area contributed by atoms with Gasteiger partial charge in [-0.1, -0.05) is 19.8 Å². The Hall–Kier alpha value is -0.0800. The largest absolute Gasteiger partial charge is 0.311 e. The Morgan fingerprint density at radius 1 is 1.12 bits per heavy atom. The van der Waals surface area contributed by atoms with Crippen LogP contribution in [0, 0.1) is 5.92 Å². The summed E-state index contributed by atoms with van der Waals surface area (Å²) in [5.41, 5.74) is 0. The molecule has 0 bridgehead atoms. The first-order chi connectivity index (χ1) is 8.19. The van der Waals surface area contributed by atoms with Gasteiger partial charge in [0.25, 0.3) is 0 Å². The van der Waals surface area contributed by atoms with Crippen molar-refractivity contribution in [2.75, 3.05) is 13.1 Å². The maximum Gasteiger partial charge on any atom is 0.00940 e. The second-order valence-corrected chi connectivity index (χ2v) is 6.35. The monoisotopic (exact) mass is 238 g/mol. The molecule has 1 unspecified atom stereocenters. The predicted molar refractivity (Wildman–Crippen MR) is 74.3 cm³/mol. The Kier molecular flexibility index (Phi) is 4.87. The molecule has 1 heterocycles. The zero-order valence-electron chi connectivity index (χ0n) is 11.9. The van der Waals surface area contributed by atoms with Crippen molar-refractivity contribution in [2.24, 2.45) is 5.92 Å². The highest BCUT2D eigenvalue weighted by molar-refractivity contribution is 4.85. The zero-order chi connectivity index (χ0) is 12.3. The Labute approximate surface area is 107 Å². The predicted octanol–water partition coefficient (Wildman–Crippen LogP) is 3.03. The third-order valence-electron chi connectivity index (χ3n) is 4.54. The summed E-state index contributed by atoms with van der Waals surface area (Å²) in [6.07, 6.45) is 8.41. The molecule has 1 N–H and O–H groups in total. The molecule has 100 valence electrons. The van der Waals surface area contributed by atoms with Gasteiger partial charge in [0.2, 0.25) is 0 Å². The normalized spacial score (nSPS) is 25.4. The van der Waals surface area contributed by atoms with Gasteiger partial charge in [0.15, 0.2) is 0 Å². The molecule has 0 aromatic rings. The Morgan fingerprint density at radius 2 is 1.76 bits per heavy atom. The Bertz CT molecular complexity index is 215. The van der Waals surface area contributed by atoms with E-state index in [1.807, 2.05) is 0 Å². The van der Waals surface area contributed by atoms with Crippen molar-refractivity contribution in [3.05, 3.63) is 0 Å². The molecule has 17 heavy (non-hydrogen) atoms. The number of hydrogen-bond donors (Lipinski definition) is 1. The molecule has 0 amide bonds. The molecule has 1 aliphatic carbocycles. The van der Waals surface area contributed by atoms with E-state index in [0.29, 0.717) is 0 Å². The summed E-state index contributed by atoms with van der Waals surface area (Å²) in [4.78, 5) is 2.61. The molecule has 2 aliphatic rings. The first-order valence-electron chi connectivity index (χ1n) is 7.69. The van der Waals surface area contributed by atoms with Gasteiger partial charge in [-0.2, -0.15) is 0 Å². The molecule has 2 fully saturated rings. The van der Waals surface area contributed by atoms with E-state index in [4.69, 9.17) is 0 Å². The van der Waals surface area contributed by atoms with Crippen molar-refractivity contribution in [3.8, 4) is 0 Å². The highest BCUT2D eigenvalue weighted by Gasteiger charge is 2.27. The topological polar surface area (TPSA) is 15.3 Å². The van der Waals surface area contributed by atoms with Crippen LogP contribution in [-0.4, -0.2) is 36.1 Å². The van der Waals surface area contributed by atoms with E-state index in [2.05, 4.69) is 31.0 Å². The van der Waals surface area contributed by atoms with E-state index >= 15 is 0 Å². The molecule has 1 saturated heterocycles. The molecule has 2 heteroatoms. The number of nitrogens with one attached hydrogen (secondary N) is 1. The maximum atomic E-state index is 3.91. The molecule has 0 spiro atoms. The summed E-state index contributed by atoms with van der Waals surface area (Å²) >= 11 is 0. The zero-order valence-corrected chi connectivity index (χ0v) is 11.9. The van der Waals surface area contributed by atoms with E-state index in [-0.39, 0.29) is 0 Å². The van der Waals surface area contributed by atoms with Crippen LogP contribution in [0.5, 0.6) is 0 Å². The van der Waals surface area contributed by atoms with Gasteiger partial charge in [0.05, 0.1) is 0 Å². The second kappa shape index (κ2) is 6.19. The van der Waals surface area contributed by atoms with E-state index in [9.17, 15) is 0 Å². The fraction of sp³-hybridized carbons (Fsp3) is 1.00. The van der Waals surface area contributed by atoms with Crippen molar-refractivity contribution < 1.29 is 0 Å². The van der Waals surface area contributed by atoms with Crippen LogP contribution in [0.3, 0.4) is 0 Å². The molecule has 0 aromatic carbocycles. The van der Waals surface area contributed by atoms with E-state index in [0.717, 1.165) is 24.0 Å². The lowest BCUT2D eigenvalue weighted by atomic mass is 10.00. The summed E-state index contributed by atoms with van der Waals surface area (Å²) in [5.74, 6) is 1.06. The third kappa shape index (κ3) is 4.26. The van der Waals surface area contributed by atoms with Crippen LogP contribution in [0.2, 0.25) is 0 Å². The second-order valence-electron chi connectivity index (χ2n) is 6.35. The number of nitrogens with zero attached hydrogens (tertiary/aromatic N) is 1. The lowest BCUT2D eigenvalue weighted by Crippen LogP contribution is -2.47. The van der Waals surface area contributed by atoms with Gasteiger partial charge in [0.1, 0.15) is 0 Å². The number of hydrogen-bond acceptors (Lipinski definition) is 2. The van der Waals surface area contributed by atoms with Crippen LogP contribution in [-0.2, 0) is 0 Å². The van der Waals surface area contributed by atoms with Gasteiger partial charge in [-0.15, -0.1) is 0 Å². The SMILES string of the molecule is CCC(CC1CC1)NC1CCN(C(C)C)CC1. The molecule has 1 atom stereocenters. The average Bonchev–Trinajstić information content (AvgIpc) is 3.13. The minimum absolute atomic E-state index is 0.726. The van der Waals surface area contributed by atoms with Crippen molar-refractivity contribution in [1.82, 2.24) is 10.2 Å². The van der Waals surface area contributed by atoms with Crippen LogP contribution in [0.4, 0.5) is 0 Å². The van der Waals surface area contributed by atoms with Crippen molar-refractivity contribution in [2.45, 2.75) is 77.4 Å². The van der Waals surface area contributed by atoms with Crippen LogP contribution >= 0.6 is 0 Å². The van der Waals surface area contributed by atoms with Gasteiger partial charge in [-0.05, 0) is 58.5 Å². The Balaban J connectivity index is 1.68. The first-order valence-corrected chi connectivity index (χ1v) is 7.69. The summed E-state index contributed by atoms with van der Waals surface area (Å²) in [5, 5.41) is 3.91. The fourth-order valence-electron chi connectivity index (χ4n) is 3.02. The third-order valence-corrected chi connectivity index (χ3v) is 4.54. The van der Waals surface area contributed by atoms with Gasteiger partial charge in [-0.3, -0.25) is 0 Å². The molecule has 2 rings (SSSR count). The smallest absolute Gasteiger partial charge is 0.00940 e. The van der Waals surface area contributed by atoms with E-state index in [1.165, 1.54) is 51.6 Å². The van der Waals surface area contributed by atoms with Crippen LogP contribution in [0.15, 0.2) is 0 Å². The van der Waals surface area contributed by atoms with Gasteiger partial charge < -0.3 is 10.2 Å². The standard InChI is InChI=1S/C15H30N2/c1-4-14(11-13-5-6-13)16-15-7-9-17(10-8-15)12(2)3/h12-16H,4-11H2,1-3H3. The number of likely N-dealkylation sites (tertiary alicyclic amines) is 1. The molecular weight excluding hydrogens is 208 g/mol. The molecule has 0 radical (unpaired) electrons. The highest BCUT2D eigenvalue weighted by Crippen LogP contribution is 2.34. The minimum atomic E-state index is 0.726. The van der Waals surface area contributed by atoms with Crippen molar-refractivity contribution in [1.29, 1.82) is 0 Å². The van der Waals surface area contributed by atoms with Gasteiger partial charge >= 0.3 is 0 Å². The lowest BCUT2D eigenvalue weighted by molar-refractivity contribution is 0.154. The quantitative estimate of drug-likeness (QED) is 0.765. The van der Waals surface area contributed by atoms with Crippen LogP contribution in [0.25, 0.3) is 0 Å². The van der Waals surface area contributed by atoms with Crippen LogP contribution in [0.1, 0.15) is 59.3 Å². The summed E-state index contributed by atoms with van der Waals surface area (Å²) in [7, 11) is 0. The minimum Gasteiger partial charge on any atom is -0.311 e. The van der Waals surface area contributed by atoms with Gasteiger partial charge in [0, 0.05) is 18.1 Å². The average molecular weight is 238 g/mol. The summed E-state index contributed by atoms with van der Waals surface area (Å²) < 4.78 is 0. The molecular formula is C15H30N2. The summed E-state index contributed by atoms with van der Waals surface area (Å²) in [6, 6.07) is 2.30. The first kappa shape index (κ1) is 13.4. The highest BCUT2D eigenvalue weighted by atomic mass is 15.2. The van der Waals surface area contributed by atoms with Crippen molar-refractivity contribution >= 4 is 0 Å². The summed E-state index contributed by atoms with van der Waals surface area (Å²) in [6.45, 7) is 9.54. The van der Waals surface area contributed by atoms with Gasteiger partial charge in [-0.25, -0.2) is 0 Å².